The van der Waals surface area contributed by atoms with Crippen LogP contribution in [0.25, 0.3) is 22.6 Å². The molecule has 0 spiro atoms. The first kappa shape index (κ1) is 21.4. The number of carbonyl (C=O) groups is 1. The van der Waals surface area contributed by atoms with E-state index in [1.807, 2.05) is 19.1 Å². The quantitative estimate of drug-likeness (QED) is 0.350. The van der Waals surface area contributed by atoms with Crippen molar-refractivity contribution in [3.8, 4) is 28.4 Å². The number of carbonyl (C=O) groups excluding carboxylic acids is 1. The third-order valence-electron chi connectivity index (χ3n) is 5.32. The summed E-state index contributed by atoms with van der Waals surface area (Å²) in [6.45, 7) is 1.94. The number of anilines is 1. The van der Waals surface area contributed by atoms with E-state index in [0.717, 1.165) is 16.7 Å². The number of benzene rings is 2. The highest BCUT2D eigenvalue weighted by molar-refractivity contribution is 6.31. The number of aromatic hydroxyl groups is 1. The molecule has 7 nitrogen and oxygen atoms in total. The van der Waals surface area contributed by atoms with E-state index in [0.29, 0.717) is 46.1 Å². The van der Waals surface area contributed by atoms with Gasteiger partial charge in [0.2, 0.25) is 5.95 Å². The summed E-state index contributed by atoms with van der Waals surface area (Å²) >= 11 is 6.25. The van der Waals surface area contributed by atoms with Crippen LogP contribution < -0.4 is 11.5 Å². The number of aromatic amines is 1. The van der Waals surface area contributed by atoms with Crippen LogP contribution in [0.3, 0.4) is 0 Å². The zero-order valence-electron chi connectivity index (χ0n) is 17.4. The molecule has 2 aromatic heterocycles. The average Bonchev–Trinajstić information content (AvgIpc) is 3.13. The van der Waals surface area contributed by atoms with Crippen molar-refractivity contribution in [3.63, 3.8) is 0 Å². The first-order valence-electron chi connectivity index (χ1n) is 10.0. The van der Waals surface area contributed by atoms with Gasteiger partial charge < -0.3 is 21.6 Å². The molecule has 32 heavy (non-hydrogen) atoms. The van der Waals surface area contributed by atoms with Gasteiger partial charge in [-0.3, -0.25) is 4.79 Å². The number of nitrogens with one attached hydrogen (secondary N) is 1. The smallest absolute Gasteiger partial charge is 0.251 e. The lowest BCUT2D eigenvalue weighted by molar-refractivity contribution is 0.1000. The highest BCUT2D eigenvalue weighted by atomic mass is 35.5. The van der Waals surface area contributed by atoms with Gasteiger partial charge in [0.05, 0.1) is 22.6 Å². The van der Waals surface area contributed by atoms with Gasteiger partial charge >= 0.3 is 0 Å². The Morgan fingerprint density at radius 2 is 1.94 bits per heavy atom. The molecule has 0 saturated carbocycles. The predicted octanol–water partition coefficient (Wildman–Crippen LogP) is 4.27. The molecule has 8 heteroatoms. The van der Waals surface area contributed by atoms with Crippen LogP contribution in [0.5, 0.6) is 5.75 Å². The molecule has 4 aromatic rings. The number of primary amides is 1. The Balaban J connectivity index is 1.91. The standard InChI is InChI=1S/C24H22ClN5O2/c1-13-5-7-15(25)12-18(13)22-20(23(26)32)17(8-6-14-3-2-4-16(31)11-14)21(30-22)19-9-10-28-24(27)29-19/h2-5,7,9-12,30-31H,6,8H2,1H3,(H2,26,32)(H2,27,28,29). The minimum absolute atomic E-state index is 0.122. The summed E-state index contributed by atoms with van der Waals surface area (Å²) in [6.07, 6.45) is 2.62. The Morgan fingerprint density at radius 1 is 1.12 bits per heavy atom. The first-order chi connectivity index (χ1) is 15.3. The lowest BCUT2D eigenvalue weighted by Crippen LogP contribution is -2.14. The number of nitrogen functional groups attached to an aromatic ring is 1. The molecule has 6 N–H and O–H groups in total. The molecule has 4 rings (SSSR count). The summed E-state index contributed by atoms with van der Waals surface area (Å²) in [4.78, 5) is 24.3. The fraction of sp³-hybridized carbons (Fsp3) is 0.125. The van der Waals surface area contributed by atoms with Gasteiger partial charge in [0, 0.05) is 16.8 Å². The molecule has 0 radical (unpaired) electrons. The van der Waals surface area contributed by atoms with Crippen molar-refractivity contribution in [1.82, 2.24) is 15.0 Å². The molecule has 1 amide bonds. The molecular weight excluding hydrogens is 426 g/mol. The molecule has 0 aliphatic carbocycles. The van der Waals surface area contributed by atoms with Gasteiger partial charge in [-0.2, -0.15) is 0 Å². The van der Waals surface area contributed by atoms with Gasteiger partial charge in [0.15, 0.2) is 0 Å². The van der Waals surface area contributed by atoms with Crippen molar-refractivity contribution in [1.29, 1.82) is 0 Å². The van der Waals surface area contributed by atoms with E-state index in [9.17, 15) is 9.90 Å². The van der Waals surface area contributed by atoms with Gasteiger partial charge in [-0.05, 0) is 66.8 Å². The molecule has 2 heterocycles. The normalized spacial score (nSPS) is 10.9. The molecular formula is C24H22ClN5O2. The number of halogens is 1. The number of phenolic OH excluding ortho intramolecular Hbond substituents is 1. The number of hydrogen-bond donors (Lipinski definition) is 4. The zero-order chi connectivity index (χ0) is 22.8. The second-order valence-corrected chi connectivity index (χ2v) is 7.96. The lowest BCUT2D eigenvalue weighted by atomic mass is 9.95. The third kappa shape index (κ3) is 4.29. The van der Waals surface area contributed by atoms with E-state index in [-0.39, 0.29) is 11.7 Å². The second kappa shape index (κ2) is 8.72. The van der Waals surface area contributed by atoms with E-state index >= 15 is 0 Å². The monoisotopic (exact) mass is 447 g/mol. The molecule has 2 aromatic carbocycles. The van der Waals surface area contributed by atoms with Crippen LogP contribution in [0, 0.1) is 6.92 Å². The maximum absolute atomic E-state index is 12.7. The molecule has 0 atom stereocenters. The van der Waals surface area contributed by atoms with Gasteiger partial charge in [0.25, 0.3) is 5.91 Å². The van der Waals surface area contributed by atoms with Crippen molar-refractivity contribution < 1.29 is 9.90 Å². The van der Waals surface area contributed by atoms with Gasteiger partial charge in [-0.1, -0.05) is 29.8 Å². The lowest BCUT2D eigenvalue weighted by Gasteiger charge is -2.09. The minimum Gasteiger partial charge on any atom is -0.508 e. The molecule has 0 saturated heterocycles. The number of phenols is 1. The Bertz CT molecular complexity index is 1320. The second-order valence-electron chi connectivity index (χ2n) is 7.52. The van der Waals surface area contributed by atoms with Gasteiger partial charge in [-0.25, -0.2) is 9.97 Å². The van der Waals surface area contributed by atoms with E-state index in [1.54, 1.807) is 42.6 Å². The molecule has 0 fully saturated rings. The maximum Gasteiger partial charge on any atom is 0.251 e. The molecule has 0 aliphatic rings. The number of amides is 1. The average molecular weight is 448 g/mol. The topological polar surface area (TPSA) is 131 Å². The Hall–Kier alpha value is -3.84. The zero-order valence-corrected chi connectivity index (χ0v) is 18.1. The van der Waals surface area contributed by atoms with Crippen LogP contribution in [-0.2, 0) is 12.8 Å². The van der Waals surface area contributed by atoms with E-state index in [2.05, 4.69) is 15.0 Å². The Kier molecular flexibility index (Phi) is 5.83. The SMILES string of the molecule is Cc1ccc(Cl)cc1-c1[nH]c(-c2ccnc(N)n2)c(CCc2cccc(O)c2)c1C(N)=O. The van der Waals surface area contributed by atoms with Crippen molar-refractivity contribution in [2.45, 2.75) is 19.8 Å². The van der Waals surface area contributed by atoms with Crippen molar-refractivity contribution >= 4 is 23.5 Å². The van der Waals surface area contributed by atoms with Crippen LogP contribution in [-0.4, -0.2) is 26.0 Å². The summed E-state index contributed by atoms with van der Waals surface area (Å²) in [5.41, 5.74) is 17.2. The molecule has 0 unspecified atom stereocenters. The predicted molar refractivity (Wildman–Crippen MR) is 125 cm³/mol. The van der Waals surface area contributed by atoms with Gasteiger partial charge in [0.1, 0.15) is 5.75 Å². The van der Waals surface area contributed by atoms with E-state index < -0.39 is 5.91 Å². The van der Waals surface area contributed by atoms with Crippen molar-refractivity contribution in [2.24, 2.45) is 5.73 Å². The first-order valence-corrected chi connectivity index (χ1v) is 10.4. The number of aryl methyl sites for hydroxylation is 2. The fourth-order valence-corrected chi connectivity index (χ4v) is 4.01. The Morgan fingerprint density at radius 3 is 2.66 bits per heavy atom. The number of aromatic nitrogens is 3. The molecule has 0 bridgehead atoms. The highest BCUT2D eigenvalue weighted by Crippen LogP contribution is 2.36. The van der Waals surface area contributed by atoms with Crippen LogP contribution in [0.4, 0.5) is 5.95 Å². The largest absolute Gasteiger partial charge is 0.508 e. The minimum atomic E-state index is -0.560. The molecule has 162 valence electrons. The fourth-order valence-electron chi connectivity index (χ4n) is 3.84. The maximum atomic E-state index is 12.7. The van der Waals surface area contributed by atoms with Crippen molar-refractivity contribution in [2.75, 3.05) is 5.73 Å². The van der Waals surface area contributed by atoms with Crippen LogP contribution in [0.2, 0.25) is 5.02 Å². The number of H-pyrrole nitrogens is 1. The van der Waals surface area contributed by atoms with Crippen LogP contribution >= 0.6 is 11.6 Å². The summed E-state index contributed by atoms with van der Waals surface area (Å²) in [5, 5.41) is 10.3. The summed E-state index contributed by atoms with van der Waals surface area (Å²) in [6, 6.07) is 14.2. The molecule has 0 aliphatic heterocycles. The third-order valence-corrected chi connectivity index (χ3v) is 5.56. The van der Waals surface area contributed by atoms with Crippen LogP contribution in [0.1, 0.15) is 27.0 Å². The number of nitrogens with zero attached hydrogens (tertiary/aromatic N) is 2. The van der Waals surface area contributed by atoms with E-state index in [4.69, 9.17) is 23.1 Å². The van der Waals surface area contributed by atoms with Gasteiger partial charge in [-0.15, -0.1) is 0 Å². The number of nitrogens with two attached hydrogens (primary N) is 2. The summed E-state index contributed by atoms with van der Waals surface area (Å²) in [7, 11) is 0. The number of hydrogen-bond acceptors (Lipinski definition) is 5. The number of rotatable bonds is 6. The summed E-state index contributed by atoms with van der Waals surface area (Å²) in [5.74, 6) is -0.252. The van der Waals surface area contributed by atoms with Crippen LogP contribution in [0.15, 0.2) is 54.7 Å². The van der Waals surface area contributed by atoms with Crippen molar-refractivity contribution in [3.05, 3.63) is 82.0 Å². The summed E-state index contributed by atoms with van der Waals surface area (Å²) < 4.78 is 0. The Labute approximate surface area is 190 Å². The highest BCUT2D eigenvalue weighted by Gasteiger charge is 2.25. The van der Waals surface area contributed by atoms with E-state index in [1.165, 1.54) is 0 Å².